The maximum atomic E-state index is 16.1. The average Bonchev–Trinajstić information content (AvgIpc) is 3.74. The largest absolute Gasteiger partial charge is 0.492 e. The fraction of sp³-hybridized carbons (Fsp3) is 0.324. The summed E-state index contributed by atoms with van der Waals surface area (Å²) in [4.78, 5) is 21.9. The maximum absolute atomic E-state index is 16.1. The second kappa shape index (κ2) is 14.1. The van der Waals surface area contributed by atoms with E-state index in [0.717, 1.165) is 52.8 Å². The van der Waals surface area contributed by atoms with E-state index in [0.29, 0.717) is 42.3 Å². The van der Waals surface area contributed by atoms with Gasteiger partial charge in [0.05, 0.1) is 36.1 Å². The van der Waals surface area contributed by atoms with Gasteiger partial charge >= 0.3 is 0 Å². The highest BCUT2D eigenvalue weighted by Gasteiger charge is 2.31. The van der Waals surface area contributed by atoms with Crippen molar-refractivity contribution < 1.29 is 27.8 Å². The lowest BCUT2D eigenvalue weighted by Gasteiger charge is -2.33. The van der Waals surface area contributed by atoms with Crippen LogP contribution in [-0.2, 0) is 16.1 Å². The van der Waals surface area contributed by atoms with Crippen LogP contribution in [-0.4, -0.2) is 83.6 Å². The van der Waals surface area contributed by atoms with Crippen molar-refractivity contribution in [3.05, 3.63) is 83.9 Å². The quantitative estimate of drug-likeness (QED) is 0.104. The van der Waals surface area contributed by atoms with Crippen LogP contribution in [0.5, 0.6) is 11.5 Å². The highest BCUT2D eigenvalue weighted by molar-refractivity contribution is 7.18. The Balaban J connectivity index is 1.37. The van der Waals surface area contributed by atoms with Gasteiger partial charge in [0, 0.05) is 53.5 Å². The zero-order valence-electron chi connectivity index (χ0n) is 27.5. The van der Waals surface area contributed by atoms with Crippen molar-refractivity contribution in [1.82, 2.24) is 24.6 Å². The smallest absolute Gasteiger partial charge is 0.246 e. The Morgan fingerprint density at radius 3 is 2.55 bits per heavy atom. The minimum atomic E-state index is -0.780. The molecule has 49 heavy (non-hydrogen) atoms. The standard InChI is InChI=1S/C37H37F2N5O4S/c1-4-32(45)43-13-14-44-30(23(43)2)22-29(41-44)36-34(33-28(39)20-25(38)21-31(33)48-18-17-46-3)37-27(10-19-49-37)35(40-36)24-6-8-26(9-7-24)47-16-15-42-11-5-12-42/h4,6-10,19-23H,1,5,11-18H2,2-3H3. The lowest BCUT2D eigenvalue weighted by Crippen LogP contribution is -2.40. The average molecular weight is 686 g/mol. The van der Waals surface area contributed by atoms with Crippen molar-refractivity contribution in [2.24, 2.45) is 0 Å². The first kappa shape index (κ1) is 32.9. The van der Waals surface area contributed by atoms with Crippen LogP contribution in [0.15, 0.2) is 66.6 Å². The molecule has 0 spiro atoms. The number of fused-ring (bicyclic) bond motifs is 2. The number of hydrogen-bond acceptors (Lipinski definition) is 8. The number of pyridine rings is 1. The van der Waals surface area contributed by atoms with Gasteiger partial charge in [-0.3, -0.25) is 14.4 Å². The van der Waals surface area contributed by atoms with E-state index in [2.05, 4.69) is 11.5 Å². The number of thiophene rings is 1. The summed E-state index contributed by atoms with van der Waals surface area (Å²) >= 11 is 1.44. The number of rotatable bonds is 12. The number of carbonyl (C=O) groups excluding carboxylic acids is 1. The number of halogens is 2. The van der Waals surface area contributed by atoms with Crippen LogP contribution >= 0.6 is 11.3 Å². The van der Waals surface area contributed by atoms with Gasteiger partial charge < -0.3 is 19.1 Å². The molecule has 1 unspecified atom stereocenters. The third-order valence-electron chi connectivity index (χ3n) is 9.13. The second-order valence-electron chi connectivity index (χ2n) is 12.1. The van der Waals surface area contributed by atoms with Crippen molar-refractivity contribution >= 4 is 27.3 Å². The van der Waals surface area contributed by atoms with E-state index in [9.17, 15) is 9.18 Å². The van der Waals surface area contributed by atoms with Crippen LogP contribution in [0.3, 0.4) is 0 Å². The molecule has 2 aliphatic rings. The number of aromatic nitrogens is 3. The molecule has 1 saturated heterocycles. The van der Waals surface area contributed by atoms with Crippen LogP contribution in [0.4, 0.5) is 8.78 Å². The van der Waals surface area contributed by atoms with Gasteiger partial charge in [0.25, 0.3) is 0 Å². The molecule has 1 atom stereocenters. The Kier molecular flexibility index (Phi) is 9.44. The summed E-state index contributed by atoms with van der Waals surface area (Å²) in [7, 11) is 1.53. The fourth-order valence-electron chi connectivity index (χ4n) is 6.45. The first-order valence-corrected chi connectivity index (χ1v) is 17.2. The molecule has 1 amide bonds. The van der Waals surface area contributed by atoms with Crippen LogP contribution in [0.25, 0.3) is 43.9 Å². The molecule has 3 aromatic heterocycles. The summed E-state index contributed by atoms with van der Waals surface area (Å²) in [5.74, 6) is -0.893. The molecule has 2 aliphatic heterocycles. The van der Waals surface area contributed by atoms with Gasteiger partial charge in [-0.15, -0.1) is 11.3 Å². The van der Waals surface area contributed by atoms with Crippen molar-refractivity contribution in [3.8, 4) is 45.3 Å². The van der Waals surface area contributed by atoms with Crippen molar-refractivity contribution in [3.63, 3.8) is 0 Å². The number of carbonyl (C=O) groups is 1. The Bertz CT molecular complexity index is 2010. The van der Waals surface area contributed by atoms with E-state index < -0.39 is 11.6 Å². The van der Waals surface area contributed by atoms with E-state index in [1.165, 1.54) is 37.0 Å². The lowest BCUT2D eigenvalue weighted by molar-refractivity contribution is -0.129. The van der Waals surface area contributed by atoms with E-state index in [1.807, 2.05) is 53.4 Å². The van der Waals surface area contributed by atoms with Gasteiger partial charge in [-0.2, -0.15) is 5.10 Å². The summed E-state index contributed by atoms with van der Waals surface area (Å²) in [5, 5.41) is 7.68. The molecule has 0 saturated carbocycles. The van der Waals surface area contributed by atoms with Crippen molar-refractivity contribution in [1.29, 1.82) is 0 Å². The van der Waals surface area contributed by atoms with Gasteiger partial charge in [0.15, 0.2) is 0 Å². The zero-order chi connectivity index (χ0) is 34.1. The van der Waals surface area contributed by atoms with Gasteiger partial charge in [-0.1, -0.05) is 6.58 Å². The number of likely N-dealkylation sites (tertiary alicyclic amines) is 1. The second-order valence-corrected chi connectivity index (χ2v) is 13.0. The Labute approximate surface area is 287 Å². The normalized spacial score (nSPS) is 16.0. The summed E-state index contributed by atoms with van der Waals surface area (Å²) in [6.45, 7) is 10.6. The van der Waals surface area contributed by atoms with Gasteiger partial charge in [0.1, 0.15) is 47.7 Å². The highest BCUT2D eigenvalue weighted by atomic mass is 32.1. The maximum Gasteiger partial charge on any atom is 0.246 e. The highest BCUT2D eigenvalue weighted by Crippen LogP contribution is 2.47. The number of amides is 1. The molecule has 2 aromatic carbocycles. The predicted octanol–water partition coefficient (Wildman–Crippen LogP) is 6.97. The molecule has 0 aliphatic carbocycles. The van der Waals surface area contributed by atoms with Crippen molar-refractivity contribution in [2.75, 3.05) is 53.1 Å². The topological polar surface area (TPSA) is 82.0 Å². The summed E-state index contributed by atoms with van der Waals surface area (Å²) in [5.41, 5.74) is 3.81. The van der Waals surface area contributed by atoms with E-state index in [-0.39, 0.29) is 36.5 Å². The Morgan fingerprint density at radius 1 is 1.00 bits per heavy atom. The summed E-state index contributed by atoms with van der Waals surface area (Å²) < 4.78 is 50.4. The van der Waals surface area contributed by atoms with Gasteiger partial charge in [-0.25, -0.2) is 13.8 Å². The van der Waals surface area contributed by atoms with Crippen LogP contribution in [0.2, 0.25) is 0 Å². The van der Waals surface area contributed by atoms with Crippen LogP contribution in [0, 0.1) is 11.6 Å². The molecule has 5 aromatic rings. The molecule has 0 N–H and O–H groups in total. The van der Waals surface area contributed by atoms with Crippen molar-refractivity contribution in [2.45, 2.75) is 25.9 Å². The van der Waals surface area contributed by atoms with E-state index in [1.54, 1.807) is 4.90 Å². The van der Waals surface area contributed by atoms with Crippen LogP contribution in [0.1, 0.15) is 25.1 Å². The molecule has 12 heteroatoms. The number of benzene rings is 2. The molecule has 1 fully saturated rings. The minimum Gasteiger partial charge on any atom is -0.492 e. The van der Waals surface area contributed by atoms with Crippen LogP contribution < -0.4 is 9.47 Å². The molecule has 0 bridgehead atoms. The molecule has 7 rings (SSSR count). The third kappa shape index (κ3) is 6.43. The zero-order valence-corrected chi connectivity index (χ0v) is 28.3. The molecule has 9 nitrogen and oxygen atoms in total. The number of methoxy groups -OCH3 is 1. The van der Waals surface area contributed by atoms with E-state index >= 15 is 4.39 Å². The van der Waals surface area contributed by atoms with E-state index in [4.69, 9.17) is 24.3 Å². The molecular weight excluding hydrogens is 649 g/mol. The Hall–Kier alpha value is -4.65. The first-order valence-electron chi connectivity index (χ1n) is 16.4. The number of ether oxygens (including phenoxy) is 3. The molecular formula is C37H37F2N5O4S. The SMILES string of the molecule is C=CC(=O)N1CCn2nc(-c3nc(-c4ccc(OCCN5CCC5)cc4)c4ccsc4c3-c3c(F)cc(F)cc3OCCOC)cc2C1C. The summed E-state index contributed by atoms with van der Waals surface area (Å²) in [6.07, 6.45) is 2.55. The van der Waals surface area contributed by atoms with Gasteiger partial charge in [-0.05, 0) is 74.3 Å². The first-order chi connectivity index (χ1) is 23.9. The fourth-order valence-corrected chi connectivity index (χ4v) is 7.40. The predicted molar refractivity (Wildman–Crippen MR) is 186 cm³/mol. The molecule has 0 radical (unpaired) electrons. The Morgan fingerprint density at radius 2 is 1.82 bits per heavy atom. The number of hydrogen-bond donors (Lipinski definition) is 0. The molecule has 254 valence electrons. The lowest BCUT2D eigenvalue weighted by atomic mass is 9.96. The monoisotopic (exact) mass is 685 g/mol. The third-order valence-corrected chi connectivity index (χ3v) is 10.1. The van der Waals surface area contributed by atoms with Gasteiger partial charge in [0.2, 0.25) is 5.91 Å². The minimum absolute atomic E-state index is 0.0416. The number of nitrogens with zero attached hydrogens (tertiary/aromatic N) is 5. The summed E-state index contributed by atoms with van der Waals surface area (Å²) in [6, 6.07) is 13.4. The molecule has 5 heterocycles.